The van der Waals surface area contributed by atoms with Crippen molar-refractivity contribution >= 4 is 19.7 Å². The molecule has 5 heterocycles. The van der Waals surface area contributed by atoms with Gasteiger partial charge >= 0.3 is 0 Å². The predicted molar refractivity (Wildman–Crippen MR) is 141 cm³/mol. The lowest BCUT2D eigenvalue weighted by Gasteiger charge is -2.29. The Kier molecular flexibility index (Phi) is 7.06. The molecule has 3 saturated heterocycles. The molecule has 1 aromatic carbocycles. The number of aryl methyl sites for hydroxylation is 1. The first kappa shape index (κ1) is 25.6. The highest BCUT2D eigenvalue weighted by atomic mass is 31.2. The lowest BCUT2D eigenvalue weighted by Crippen LogP contribution is -2.36. The minimum Gasteiger partial charge on any atom is -0.475 e. The Labute approximate surface area is 223 Å². The summed E-state index contributed by atoms with van der Waals surface area (Å²) in [5, 5.41) is 8.85. The van der Waals surface area contributed by atoms with Crippen LogP contribution >= 0.6 is 8.53 Å². The van der Waals surface area contributed by atoms with Gasteiger partial charge in [0.05, 0.1) is 37.1 Å². The average Bonchev–Trinajstić information content (AvgIpc) is 3.70. The third kappa shape index (κ3) is 4.47. The minimum absolute atomic E-state index is 0.0672. The van der Waals surface area contributed by atoms with Crippen LogP contribution < -0.4 is 4.74 Å². The van der Waals surface area contributed by atoms with Gasteiger partial charge in [-0.25, -0.2) is 14.6 Å². The number of benzene rings is 1. The van der Waals surface area contributed by atoms with Gasteiger partial charge in [0.25, 0.3) is 8.53 Å². The van der Waals surface area contributed by atoms with Gasteiger partial charge < -0.3 is 18.5 Å². The van der Waals surface area contributed by atoms with Crippen molar-refractivity contribution < 1.29 is 18.5 Å². The Balaban J connectivity index is 1.22. The molecule has 3 aliphatic heterocycles. The number of rotatable bonds is 8. The molecule has 3 aliphatic rings. The van der Waals surface area contributed by atoms with E-state index < -0.39 is 8.53 Å². The average molecular weight is 537 g/mol. The van der Waals surface area contributed by atoms with Crippen LogP contribution in [0.5, 0.6) is 5.88 Å². The van der Waals surface area contributed by atoms with Gasteiger partial charge in [-0.2, -0.15) is 10.2 Å². The zero-order valence-corrected chi connectivity index (χ0v) is 22.9. The largest absolute Gasteiger partial charge is 0.475 e. The standard InChI is InChI=1S/C27H33N6O4P/c1-4-20-21(36-38-33-14-8-12-22(33)27(3,37-38)19-10-6-5-7-11-19)16-23(35-20)32-17-29-24-25(32)30-18(2)31-26(24)34-15-9-13-28/h5-7,10-11,17,20-23H,4,8-9,12,14-16H2,1-3H3/t20-,21?,22+,23-,27-,38+/m1/s1. The fourth-order valence-corrected chi connectivity index (χ4v) is 7.98. The Hall–Kier alpha value is -2.67. The summed E-state index contributed by atoms with van der Waals surface area (Å²) in [4.78, 5) is 13.6. The van der Waals surface area contributed by atoms with E-state index in [1.54, 1.807) is 6.33 Å². The van der Waals surface area contributed by atoms with Crippen molar-refractivity contribution in [3.63, 3.8) is 0 Å². The zero-order valence-electron chi connectivity index (χ0n) is 22.0. The van der Waals surface area contributed by atoms with Gasteiger partial charge in [-0.3, -0.25) is 4.57 Å². The summed E-state index contributed by atoms with van der Waals surface area (Å²) in [5.74, 6) is 0.967. The van der Waals surface area contributed by atoms with Gasteiger partial charge in [0.1, 0.15) is 24.3 Å². The molecule has 10 nitrogen and oxygen atoms in total. The molecule has 0 spiro atoms. The number of imidazole rings is 1. The molecule has 200 valence electrons. The van der Waals surface area contributed by atoms with Crippen LogP contribution in [-0.4, -0.2) is 55.6 Å². The van der Waals surface area contributed by atoms with Crippen LogP contribution in [0.4, 0.5) is 0 Å². The SMILES string of the molecule is CC[C@H]1O[C@@H](n2cnc3c(OCCC#N)nc(C)nc32)CC1O[P@@]1O[C@](C)(c2ccccc2)[C@@H]2CCCN21. The Morgan fingerprint density at radius 3 is 2.89 bits per heavy atom. The van der Waals surface area contributed by atoms with E-state index in [-0.39, 0.29) is 37.1 Å². The summed E-state index contributed by atoms with van der Waals surface area (Å²) < 4.78 is 30.2. The highest BCUT2D eigenvalue weighted by Gasteiger charge is 2.56. The number of ether oxygens (including phenoxy) is 2. The molecule has 2 aromatic heterocycles. The van der Waals surface area contributed by atoms with E-state index in [9.17, 15) is 0 Å². The summed E-state index contributed by atoms with van der Waals surface area (Å²) >= 11 is 0. The van der Waals surface area contributed by atoms with Crippen LogP contribution in [0, 0.1) is 18.3 Å². The summed E-state index contributed by atoms with van der Waals surface area (Å²) in [6.07, 6.45) is 5.31. The van der Waals surface area contributed by atoms with Gasteiger partial charge in [0.15, 0.2) is 11.2 Å². The lowest BCUT2D eigenvalue weighted by molar-refractivity contribution is -0.0163. The lowest BCUT2D eigenvalue weighted by atomic mass is 9.87. The third-order valence-corrected chi connectivity index (χ3v) is 9.64. The Bertz CT molecular complexity index is 1330. The second kappa shape index (κ2) is 10.5. The molecule has 0 saturated carbocycles. The number of hydrogen-bond acceptors (Lipinski definition) is 9. The van der Waals surface area contributed by atoms with Crippen LogP contribution in [0.2, 0.25) is 0 Å². The van der Waals surface area contributed by atoms with E-state index in [0.29, 0.717) is 35.3 Å². The molecule has 11 heteroatoms. The predicted octanol–water partition coefficient (Wildman–Crippen LogP) is 5.15. The van der Waals surface area contributed by atoms with Gasteiger partial charge in [0.2, 0.25) is 5.88 Å². The normalized spacial score (nSPS) is 31.1. The number of hydrogen-bond donors (Lipinski definition) is 0. The summed E-state index contributed by atoms with van der Waals surface area (Å²) in [6.45, 7) is 7.40. The van der Waals surface area contributed by atoms with Gasteiger partial charge in [-0.1, -0.05) is 37.3 Å². The number of aromatic nitrogens is 4. The first-order valence-corrected chi connectivity index (χ1v) is 14.5. The van der Waals surface area contributed by atoms with E-state index in [1.807, 2.05) is 17.6 Å². The van der Waals surface area contributed by atoms with E-state index >= 15 is 0 Å². The third-order valence-electron chi connectivity index (χ3n) is 7.76. The van der Waals surface area contributed by atoms with Crippen LogP contribution in [-0.2, 0) is 19.4 Å². The maximum Gasteiger partial charge on any atom is 0.260 e. The molecule has 0 N–H and O–H groups in total. The van der Waals surface area contributed by atoms with Crippen molar-refractivity contribution in [2.24, 2.45) is 0 Å². The molecule has 0 amide bonds. The highest BCUT2D eigenvalue weighted by molar-refractivity contribution is 7.45. The zero-order chi connectivity index (χ0) is 26.3. The maximum atomic E-state index is 8.85. The van der Waals surface area contributed by atoms with Crippen molar-refractivity contribution in [1.82, 2.24) is 24.2 Å². The fraction of sp³-hybridized carbons (Fsp3) is 0.556. The van der Waals surface area contributed by atoms with Gasteiger partial charge in [0, 0.05) is 13.0 Å². The molecule has 38 heavy (non-hydrogen) atoms. The quantitative estimate of drug-likeness (QED) is 0.285. The van der Waals surface area contributed by atoms with Crippen molar-refractivity contribution in [2.45, 2.75) is 83.0 Å². The van der Waals surface area contributed by atoms with Crippen LogP contribution in [0.25, 0.3) is 11.2 Å². The van der Waals surface area contributed by atoms with E-state index in [0.717, 1.165) is 25.8 Å². The molecule has 3 fully saturated rings. The maximum absolute atomic E-state index is 8.85. The van der Waals surface area contributed by atoms with Crippen molar-refractivity contribution in [3.05, 3.63) is 48.0 Å². The number of fused-ring (bicyclic) bond motifs is 2. The molecule has 0 radical (unpaired) electrons. The molecule has 6 atom stereocenters. The molecule has 6 rings (SSSR count). The highest BCUT2D eigenvalue weighted by Crippen LogP contribution is 2.64. The van der Waals surface area contributed by atoms with E-state index in [1.165, 1.54) is 5.56 Å². The molecule has 0 bridgehead atoms. The van der Waals surface area contributed by atoms with Crippen LogP contribution in [0.3, 0.4) is 0 Å². The molecular formula is C27H33N6O4P. The fourth-order valence-electron chi connectivity index (χ4n) is 5.84. The Morgan fingerprint density at radius 2 is 2.11 bits per heavy atom. The van der Waals surface area contributed by atoms with Crippen LogP contribution in [0.1, 0.15) is 63.6 Å². The second-order valence-electron chi connectivity index (χ2n) is 10.2. The monoisotopic (exact) mass is 536 g/mol. The van der Waals surface area contributed by atoms with Gasteiger partial charge in [-0.15, -0.1) is 0 Å². The van der Waals surface area contributed by atoms with E-state index in [4.69, 9.17) is 23.8 Å². The van der Waals surface area contributed by atoms with Gasteiger partial charge in [-0.05, 0) is 38.7 Å². The van der Waals surface area contributed by atoms with Crippen LogP contribution in [0.15, 0.2) is 36.7 Å². The van der Waals surface area contributed by atoms with Crippen molar-refractivity contribution in [1.29, 1.82) is 5.26 Å². The second-order valence-corrected chi connectivity index (χ2v) is 11.6. The summed E-state index contributed by atoms with van der Waals surface area (Å²) in [6, 6.07) is 12.9. The topological polar surface area (TPSA) is 108 Å². The first-order chi connectivity index (χ1) is 18.5. The smallest absolute Gasteiger partial charge is 0.260 e. The molecule has 3 aromatic rings. The molecular weight excluding hydrogens is 503 g/mol. The number of nitrogens with zero attached hydrogens (tertiary/aromatic N) is 6. The molecule has 0 aliphatic carbocycles. The van der Waals surface area contributed by atoms with E-state index in [2.05, 4.69) is 63.8 Å². The number of nitriles is 1. The summed E-state index contributed by atoms with van der Waals surface area (Å²) in [5.41, 5.74) is 2.03. The summed E-state index contributed by atoms with van der Waals surface area (Å²) in [7, 11) is -1.21. The first-order valence-electron chi connectivity index (χ1n) is 13.4. The van der Waals surface area contributed by atoms with Crippen molar-refractivity contribution in [3.8, 4) is 11.9 Å². The molecule has 1 unspecified atom stereocenters. The minimum atomic E-state index is -1.21. The van der Waals surface area contributed by atoms with Crippen molar-refractivity contribution in [2.75, 3.05) is 13.2 Å². The Morgan fingerprint density at radius 1 is 1.26 bits per heavy atom.